The number of primary amides is 1. The highest BCUT2D eigenvalue weighted by molar-refractivity contribution is 7.92. The highest BCUT2D eigenvalue weighted by atomic mass is 32.2. The van der Waals surface area contributed by atoms with E-state index in [0.717, 1.165) is 37.0 Å². The van der Waals surface area contributed by atoms with Gasteiger partial charge in [-0.2, -0.15) is 5.10 Å². The molecular formula is C18H23N5O4S2. The average molecular weight is 438 g/mol. The molecule has 2 aromatic rings. The third-order valence-corrected chi connectivity index (χ3v) is 8.65. The molecule has 0 spiro atoms. The first-order chi connectivity index (χ1) is 13.8. The first-order valence-corrected chi connectivity index (χ1v) is 12.1. The van der Waals surface area contributed by atoms with E-state index in [4.69, 9.17) is 5.73 Å². The van der Waals surface area contributed by atoms with Gasteiger partial charge in [0.15, 0.2) is 15.0 Å². The van der Waals surface area contributed by atoms with Crippen molar-refractivity contribution in [2.75, 3.05) is 5.32 Å². The minimum atomic E-state index is -3.37. The van der Waals surface area contributed by atoms with E-state index in [1.165, 1.54) is 23.3 Å². The molecule has 156 valence electrons. The summed E-state index contributed by atoms with van der Waals surface area (Å²) < 4.78 is 26.4. The predicted molar refractivity (Wildman–Crippen MR) is 107 cm³/mol. The lowest BCUT2D eigenvalue weighted by atomic mass is 9.98. The van der Waals surface area contributed by atoms with Gasteiger partial charge in [-0.05, 0) is 25.2 Å². The monoisotopic (exact) mass is 437 g/mol. The number of nitrogens with zero attached hydrogens (tertiary/aromatic N) is 3. The maximum atomic E-state index is 13.0. The van der Waals surface area contributed by atoms with Gasteiger partial charge >= 0.3 is 0 Å². The number of hydrogen-bond acceptors (Lipinski definition) is 7. The topological polar surface area (TPSA) is 137 Å². The first-order valence-electron chi connectivity index (χ1n) is 9.69. The van der Waals surface area contributed by atoms with Gasteiger partial charge in [0.25, 0.3) is 11.8 Å². The molecular weight excluding hydrogens is 414 g/mol. The van der Waals surface area contributed by atoms with E-state index in [2.05, 4.69) is 15.4 Å². The summed E-state index contributed by atoms with van der Waals surface area (Å²) >= 11 is 1.00. The second kappa shape index (κ2) is 7.86. The Morgan fingerprint density at radius 2 is 1.97 bits per heavy atom. The number of thiazole rings is 1. The van der Waals surface area contributed by atoms with E-state index in [-0.39, 0.29) is 26.1 Å². The zero-order chi connectivity index (χ0) is 20.6. The van der Waals surface area contributed by atoms with Crippen molar-refractivity contribution in [1.82, 2.24) is 14.8 Å². The third-order valence-electron chi connectivity index (χ3n) is 5.50. The van der Waals surface area contributed by atoms with Gasteiger partial charge in [-0.15, -0.1) is 0 Å². The van der Waals surface area contributed by atoms with Crippen LogP contribution in [0.5, 0.6) is 0 Å². The maximum absolute atomic E-state index is 13.0. The SMILES string of the molecule is NC(=O)c1cnc(NC(=O)C(CC2CCCC2)n2cc(S(=O)(=O)C3CC3)cn2)s1. The number of amides is 2. The van der Waals surface area contributed by atoms with Gasteiger partial charge < -0.3 is 11.1 Å². The molecule has 2 aliphatic carbocycles. The molecule has 2 fully saturated rings. The van der Waals surface area contributed by atoms with Crippen LogP contribution in [0.1, 0.15) is 60.7 Å². The molecule has 1 atom stereocenters. The van der Waals surface area contributed by atoms with Crippen LogP contribution in [0.2, 0.25) is 0 Å². The summed E-state index contributed by atoms with van der Waals surface area (Å²) in [5, 5.41) is 6.89. The molecule has 2 heterocycles. The van der Waals surface area contributed by atoms with Crippen LogP contribution in [0.4, 0.5) is 5.13 Å². The van der Waals surface area contributed by atoms with Crippen LogP contribution in [-0.4, -0.2) is 40.2 Å². The van der Waals surface area contributed by atoms with Crippen molar-refractivity contribution >= 4 is 38.1 Å². The molecule has 3 N–H and O–H groups in total. The predicted octanol–water partition coefficient (Wildman–Crippen LogP) is 2.13. The third kappa shape index (κ3) is 4.35. The van der Waals surface area contributed by atoms with E-state index in [1.807, 2.05) is 0 Å². The fourth-order valence-electron chi connectivity index (χ4n) is 3.74. The second-order valence-electron chi connectivity index (χ2n) is 7.69. The van der Waals surface area contributed by atoms with Crippen molar-refractivity contribution in [1.29, 1.82) is 0 Å². The normalized spacial score (nSPS) is 18.6. The molecule has 0 aliphatic heterocycles. The molecule has 2 saturated carbocycles. The Hall–Kier alpha value is -2.27. The molecule has 2 aliphatic rings. The Kier molecular flexibility index (Phi) is 5.43. The van der Waals surface area contributed by atoms with Gasteiger partial charge in [0.05, 0.1) is 17.6 Å². The van der Waals surface area contributed by atoms with Gasteiger partial charge in [0, 0.05) is 6.20 Å². The summed E-state index contributed by atoms with van der Waals surface area (Å²) in [5.41, 5.74) is 5.24. The van der Waals surface area contributed by atoms with Crippen molar-refractivity contribution in [2.24, 2.45) is 11.7 Å². The van der Waals surface area contributed by atoms with Gasteiger partial charge in [-0.3, -0.25) is 14.3 Å². The largest absolute Gasteiger partial charge is 0.365 e. The molecule has 1 unspecified atom stereocenters. The van der Waals surface area contributed by atoms with E-state index in [1.54, 1.807) is 0 Å². The number of nitrogens with two attached hydrogens (primary N) is 1. The lowest BCUT2D eigenvalue weighted by Gasteiger charge is -2.20. The number of carbonyl (C=O) groups excluding carboxylic acids is 2. The Bertz CT molecular complexity index is 1020. The average Bonchev–Trinajstić information content (AvgIpc) is 3.09. The molecule has 11 heteroatoms. The first kappa shape index (κ1) is 20.0. The van der Waals surface area contributed by atoms with Crippen molar-refractivity contribution in [3.8, 4) is 0 Å². The summed E-state index contributed by atoms with van der Waals surface area (Å²) in [6.07, 6.45) is 10.4. The summed E-state index contributed by atoms with van der Waals surface area (Å²) in [6.45, 7) is 0. The maximum Gasteiger partial charge on any atom is 0.260 e. The van der Waals surface area contributed by atoms with Crippen molar-refractivity contribution in [3.63, 3.8) is 0 Å². The number of hydrogen-bond donors (Lipinski definition) is 2. The number of aromatic nitrogens is 3. The van der Waals surface area contributed by atoms with Crippen molar-refractivity contribution in [3.05, 3.63) is 23.5 Å². The fraction of sp³-hybridized carbons (Fsp3) is 0.556. The van der Waals surface area contributed by atoms with Crippen LogP contribution >= 0.6 is 11.3 Å². The number of rotatable bonds is 8. The summed E-state index contributed by atoms with van der Waals surface area (Å²) in [5.74, 6) is -0.552. The van der Waals surface area contributed by atoms with Crippen LogP contribution in [0, 0.1) is 5.92 Å². The Morgan fingerprint density at radius 1 is 1.24 bits per heavy atom. The highest BCUT2D eigenvalue weighted by Gasteiger charge is 2.38. The molecule has 2 aromatic heterocycles. The number of carbonyl (C=O) groups is 2. The highest BCUT2D eigenvalue weighted by Crippen LogP contribution is 2.35. The Balaban J connectivity index is 1.56. The summed E-state index contributed by atoms with van der Waals surface area (Å²) in [6, 6.07) is -0.651. The summed E-state index contributed by atoms with van der Waals surface area (Å²) in [4.78, 5) is 28.7. The molecule has 0 saturated heterocycles. The molecule has 0 radical (unpaired) electrons. The minimum absolute atomic E-state index is 0.162. The number of nitrogens with one attached hydrogen (secondary N) is 1. The van der Waals surface area contributed by atoms with Crippen LogP contribution in [-0.2, 0) is 14.6 Å². The second-order valence-corrected chi connectivity index (χ2v) is 10.9. The molecule has 2 amide bonds. The Morgan fingerprint density at radius 3 is 2.59 bits per heavy atom. The van der Waals surface area contributed by atoms with E-state index in [0.29, 0.717) is 25.2 Å². The van der Waals surface area contributed by atoms with Crippen molar-refractivity contribution < 1.29 is 18.0 Å². The number of sulfone groups is 1. The fourth-order valence-corrected chi connectivity index (χ4v) is 6.00. The van der Waals surface area contributed by atoms with Gasteiger partial charge in [0.2, 0.25) is 0 Å². The van der Waals surface area contributed by atoms with Crippen LogP contribution in [0.25, 0.3) is 0 Å². The van der Waals surface area contributed by atoms with Crippen LogP contribution < -0.4 is 11.1 Å². The molecule has 29 heavy (non-hydrogen) atoms. The zero-order valence-electron chi connectivity index (χ0n) is 15.8. The minimum Gasteiger partial charge on any atom is -0.365 e. The van der Waals surface area contributed by atoms with Crippen molar-refractivity contribution in [2.45, 2.75) is 61.1 Å². The molecule has 4 rings (SSSR count). The van der Waals surface area contributed by atoms with Gasteiger partial charge in [-0.1, -0.05) is 37.0 Å². The zero-order valence-corrected chi connectivity index (χ0v) is 17.4. The molecule has 0 aromatic carbocycles. The van der Waals surface area contributed by atoms with E-state index < -0.39 is 21.8 Å². The van der Waals surface area contributed by atoms with Gasteiger partial charge in [-0.25, -0.2) is 13.4 Å². The van der Waals surface area contributed by atoms with E-state index in [9.17, 15) is 18.0 Å². The smallest absolute Gasteiger partial charge is 0.260 e. The van der Waals surface area contributed by atoms with Crippen LogP contribution in [0.15, 0.2) is 23.5 Å². The standard InChI is InChI=1S/C18H23N5O4S2/c19-16(24)15-9-20-18(28-15)22-17(25)14(7-11-3-1-2-4-11)23-10-13(8-21-23)29(26,27)12-5-6-12/h8-12,14H,1-7H2,(H2,19,24)(H,20,22,25). The summed E-state index contributed by atoms with van der Waals surface area (Å²) in [7, 11) is -3.37. The van der Waals surface area contributed by atoms with Crippen LogP contribution in [0.3, 0.4) is 0 Å². The lowest BCUT2D eigenvalue weighted by Crippen LogP contribution is -2.28. The number of anilines is 1. The molecule has 9 nitrogen and oxygen atoms in total. The van der Waals surface area contributed by atoms with Gasteiger partial charge in [0.1, 0.15) is 15.8 Å². The lowest BCUT2D eigenvalue weighted by molar-refractivity contribution is -0.120. The molecule has 0 bridgehead atoms. The Labute approximate surface area is 172 Å². The van der Waals surface area contributed by atoms with E-state index >= 15 is 0 Å². The quantitative estimate of drug-likeness (QED) is 0.649.